The molecule has 112 valence electrons. The van der Waals surface area contributed by atoms with Crippen molar-refractivity contribution in [2.75, 3.05) is 6.54 Å². The number of pyridine rings is 1. The highest BCUT2D eigenvalue weighted by Crippen LogP contribution is 2.23. The molecule has 0 bridgehead atoms. The lowest BCUT2D eigenvalue weighted by Crippen LogP contribution is -2.29. The molecule has 0 radical (unpaired) electrons. The van der Waals surface area contributed by atoms with Gasteiger partial charge in [0, 0.05) is 30.4 Å². The molecule has 0 unspecified atom stereocenters. The van der Waals surface area contributed by atoms with Crippen molar-refractivity contribution in [3.05, 3.63) is 51.5 Å². The van der Waals surface area contributed by atoms with Gasteiger partial charge in [-0.15, -0.1) is 11.3 Å². The second-order valence-electron chi connectivity index (χ2n) is 4.82. The number of nitrogens with one attached hydrogen (secondary N) is 1. The molecule has 0 aromatic carbocycles. The number of nitrogen functional groups attached to an aromatic ring is 1. The third kappa shape index (κ3) is 4.10. The molecule has 0 aliphatic carbocycles. The van der Waals surface area contributed by atoms with Gasteiger partial charge in [0.25, 0.3) is 5.91 Å². The first-order valence-electron chi connectivity index (χ1n) is 6.85. The average Bonchev–Trinajstić information content (AvgIpc) is 2.88. The summed E-state index contributed by atoms with van der Waals surface area (Å²) in [5.41, 5.74) is 4.59. The van der Waals surface area contributed by atoms with Gasteiger partial charge in [0.2, 0.25) is 0 Å². The van der Waals surface area contributed by atoms with Gasteiger partial charge in [0.1, 0.15) is 0 Å². The molecular weight excluding hydrogens is 284 g/mol. The lowest BCUT2D eigenvalue weighted by molar-refractivity contribution is 0.0957. The summed E-state index contributed by atoms with van der Waals surface area (Å²) in [5.74, 6) is 4.95. The Morgan fingerprint density at radius 2 is 2.10 bits per heavy atom. The third-order valence-corrected chi connectivity index (χ3v) is 4.46. The van der Waals surface area contributed by atoms with Gasteiger partial charge in [0.15, 0.2) is 0 Å². The molecule has 6 heteroatoms. The van der Waals surface area contributed by atoms with E-state index in [4.69, 9.17) is 5.84 Å². The first-order valence-corrected chi connectivity index (χ1v) is 7.67. The maximum atomic E-state index is 11.6. The number of amides is 1. The van der Waals surface area contributed by atoms with Gasteiger partial charge in [-0.05, 0) is 42.8 Å². The molecule has 0 spiro atoms. The lowest BCUT2D eigenvalue weighted by Gasteiger charge is -2.20. The largest absolute Gasteiger partial charge is 0.295 e. The van der Waals surface area contributed by atoms with E-state index in [1.807, 2.05) is 37.5 Å². The van der Waals surface area contributed by atoms with Gasteiger partial charge >= 0.3 is 0 Å². The number of nitrogens with zero attached hydrogens (tertiary/aromatic N) is 2. The van der Waals surface area contributed by atoms with Crippen LogP contribution in [0.1, 0.15) is 32.6 Å². The zero-order chi connectivity index (χ0) is 15.2. The predicted molar refractivity (Wildman–Crippen MR) is 84.7 cm³/mol. The number of carbonyl (C=O) groups is 1. The van der Waals surface area contributed by atoms with Crippen LogP contribution in [0.5, 0.6) is 0 Å². The van der Waals surface area contributed by atoms with Crippen molar-refractivity contribution < 1.29 is 4.79 Å². The van der Waals surface area contributed by atoms with Crippen LogP contribution in [0.25, 0.3) is 0 Å². The van der Waals surface area contributed by atoms with Gasteiger partial charge in [-0.1, -0.05) is 6.92 Å². The van der Waals surface area contributed by atoms with E-state index in [0.29, 0.717) is 4.88 Å². The summed E-state index contributed by atoms with van der Waals surface area (Å²) < 4.78 is 0. The first-order chi connectivity index (χ1) is 10.1. The van der Waals surface area contributed by atoms with E-state index in [-0.39, 0.29) is 5.91 Å². The molecule has 0 aliphatic heterocycles. The Hall–Kier alpha value is -1.76. The van der Waals surface area contributed by atoms with Crippen LogP contribution >= 0.6 is 11.3 Å². The molecular formula is C15H20N4OS. The Morgan fingerprint density at radius 1 is 1.38 bits per heavy atom. The molecule has 0 atom stereocenters. The molecule has 2 rings (SSSR count). The van der Waals surface area contributed by atoms with Gasteiger partial charge in [-0.3, -0.25) is 20.1 Å². The van der Waals surface area contributed by atoms with Crippen LogP contribution in [-0.2, 0) is 13.1 Å². The number of hydrogen-bond acceptors (Lipinski definition) is 5. The first kappa shape index (κ1) is 15.6. The van der Waals surface area contributed by atoms with E-state index in [1.54, 1.807) is 0 Å². The fourth-order valence-corrected chi connectivity index (χ4v) is 3.06. The van der Waals surface area contributed by atoms with Gasteiger partial charge in [-0.2, -0.15) is 0 Å². The summed E-state index contributed by atoms with van der Waals surface area (Å²) in [6, 6.07) is 5.98. The highest BCUT2D eigenvalue weighted by atomic mass is 32.1. The van der Waals surface area contributed by atoms with E-state index < -0.39 is 0 Å². The number of aryl methyl sites for hydroxylation is 1. The zero-order valence-electron chi connectivity index (χ0n) is 12.3. The standard InChI is InChI=1S/C15H20N4OS/c1-3-19(9-12-4-6-17-7-5-12)10-13-8-14(15(20)18-16)21-11(13)2/h4-8H,3,9-10,16H2,1-2H3,(H,18,20). The number of thiophene rings is 1. The molecule has 0 fully saturated rings. The number of hydrazine groups is 1. The zero-order valence-corrected chi connectivity index (χ0v) is 13.1. The van der Waals surface area contributed by atoms with E-state index in [1.165, 1.54) is 22.5 Å². The Kier molecular flexibility index (Phi) is 5.44. The summed E-state index contributed by atoms with van der Waals surface area (Å²) >= 11 is 1.48. The third-order valence-electron chi connectivity index (χ3n) is 3.37. The topological polar surface area (TPSA) is 71.2 Å². The fraction of sp³-hybridized carbons (Fsp3) is 0.333. The van der Waals surface area contributed by atoms with Crippen LogP contribution < -0.4 is 11.3 Å². The number of nitrogens with two attached hydrogens (primary N) is 1. The van der Waals surface area contributed by atoms with Gasteiger partial charge in [-0.25, -0.2) is 5.84 Å². The molecule has 1 amide bonds. The molecule has 0 saturated carbocycles. The monoisotopic (exact) mass is 304 g/mol. The van der Waals surface area contributed by atoms with Crippen LogP contribution in [-0.4, -0.2) is 22.3 Å². The Labute approximate surface area is 128 Å². The Balaban J connectivity index is 2.08. The van der Waals surface area contributed by atoms with Crippen molar-refractivity contribution in [3.63, 3.8) is 0 Å². The smallest absolute Gasteiger partial charge is 0.275 e. The minimum absolute atomic E-state index is 0.230. The molecule has 0 saturated heterocycles. The molecule has 5 nitrogen and oxygen atoms in total. The fourth-order valence-electron chi connectivity index (χ4n) is 2.13. The van der Waals surface area contributed by atoms with E-state index >= 15 is 0 Å². The predicted octanol–water partition coefficient (Wildman–Crippen LogP) is 2.08. The molecule has 2 aromatic heterocycles. The van der Waals surface area contributed by atoms with E-state index in [2.05, 4.69) is 22.2 Å². The van der Waals surface area contributed by atoms with Crippen LogP contribution in [0, 0.1) is 6.92 Å². The van der Waals surface area contributed by atoms with Gasteiger partial charge in [0.05, 0.1) is 4.88 Å². The minimum atomic E-state index is -0.230. The SMILES string of the molecule is CCN(Cc1ccncc1)Cc1cc(C(=O)NN)sc1C. The van der Waals surface area contributed by atoms with Crippen molar-refractivity contribution in [1.82, 2.24) is 15.3 Å². The second kappa shape index (κ2) is 7.31. The molecule has 2 aromatic rings. The summed E-state index contributed by atoms with van der Waals surface area (Å²) in [4.78, 5) is 19.8. The number of aromatic nitrogens is 1. The molecule has 21 heavy (non-hydrogen) atoms. The van der Waals surface area contributed by atoms with E-state index in [0.717, 1.165) is 24.5 Å². The van der Waals surface area contributed by atoms with Crippen LogP contribution in [0.15, 0.2) is 30.6 Å². The Bertz CT molecular complexity index is 597. The average molecular weight is 304 g/mol. The van der Waals surface area contributed by atoms with Crippen LogP contribution in [0.4, 0.5) is 0 Å². The summed E-state index contributed by atoms with van der Waals surface area (Å²) in [6.45, 7) is 6.80. The Morgan fingerprint density at radius 3 is 2.71 bits per heavy atom. The maximum Gasteiger partial charge on any atom is 0.275 e. The summed E-state index contributed by atoms with van der Waals surface area (Å²) in [6.07, 6.45) is 3.62. The minimum Gasteiger partial charge on any atom is -0.295 e. The summed E-state index contributed by atoms with van der Waals surface area (Å²) in [5, 5.41) is 0. The van der Waals surface area contributed by atoms with Crippen LogP contribution in [0.3, 0.4) is 0 Å². The maximum absolute atomic E-state index is 11.6. The quantitative estimate of drug-likeness (QED) is 0.487. The molecule has 2 heterocycles. The van der Waals surface area contributed by atoms with Crippen molar-refractivity contribution in [1.29, 1.82) is 0 Å². The number of rotatable bonds is 6. The van der Waals surface area contributed by atoms with Crippen molar-refractivity contribution >= 4 is 17.2 Å². The van der Waals surface area contributed by atoms with Crippen molar-refractivity contribution in [2.24, 2.45) is 5.84 Å². The van der Waals surface area contributed by atoms with Gasteiger partial charge < -0.3 is 0 Å². The summed E-state index contributed by atoms with van der Waals surface area (Å²) in [7, 11) is 0. The second-order valence-corrected chi connectivity index (χ2v) is 6.08. The van der Waals surface area contributed by atoms with E-state index in [9.17, 15) is 4.79 Å². The molecule has 3 N–H and O–H groups in total. The highest BCUT2D eigenvalue weighted by Gasteiger charge is 2.13. The normalized spacial score (nSPS) is 10.9. The van der Waals surface area contributed by atoms with Crippen molar-refractivity contribution in [3.8, 4) is 0 Å². The lowest BCUT2D eigenvalue weighted by atomic mass is 10.2. The molecule has 0 aliphatic rings. The highest BCUT2D eigenvalue weighted by molar-refractivity contribution is 7.14. The van der Waals surface area contributed by atoms with Crippen molar-refractivity contribution in [2.45, 2.75) is 26.9 Å². The number of carbonyl (C=O) groups excluding carboxylic acids is 1. The van der Waals surface area contributed by atoms with Crippen LogP contribution in [0.2, 0.25) is 0 Å². The number of hydrogen-bond donors (Lipinski definition) is 2.